The molecule has 0 amide bonds. The Bertz CT molecular complexity index is 309. The third-order valence-electron chi connectivity index (χ3n) is 1.65. The van der Waals surface area contributed by atoms with Gasteiger partial charge in [-0.05, 0) is 18.6 Å². The summed E-state index contributed by atoms with van der Waals surface area (Å²) in [7, 11) is 0. The number of carbonyl (C=O) groups excluding carboxylic acids is 1. The summed E-state index contributed by atoms with van der Waals surface area (Å²) in [5.74, 6) is -0.384. The van der Waals surface area contributed by atoms with Crippen LogP contribution in [0.5, 0.6) is 5.75 Å². The number of carbonyl (C=O) groups is 1. The number of benzene rings is 1. The van der Waals surface area contributed by atoms with Gasteiger partial charge in [-0.2, -0.15) is 5.26 Å². The fraction of sp³-hybridized carbons (Fsp3) is 0.300. The van der Waals surface area contributed by atoms with E-state index in [0.717, 1.165) is 6.42 Å². The Hall–Kier alpha value is -1.55. The molecule has 0 unspecified atom stereocenters. The van der Waals surface area contributed by atoms with Crippen LogP contribution in [0.15, 0.2) is 24.3 Å². The van der Waals surface area contributed by atoms with E-state index >= 15 is 0 Å². The van der Waals surface area contributed by atoms with Crippen LogP contribution in [0.25, 0.3) is 0 Å². The molecular weight excluding hydrogens is 184 g/mol. The summed E-state index contributed by atoms with van der Waals surface area (Å²) < 4.78 is 5.30. The number of rotatable bonds is 4. The predicted octanol–water partition coefficient (Wildman–Crippen LogP) is 2.11. The Kier molecular flexibility index (Phi) is 3.94. The molecule has 14 heavy (non-hydrogen) atoms. The normalized spacial score (nSPS) is 9.57. The standard InChI is InChI=1S/C10H12O4/c1-2-7-13-9-6-4-3-5-8(9)10(11)14-12/h3-6,12H,2,7H2,1H3. The molecule has 1 aromatic rings. The molecule has 76 valence electrons. The molecular formula is C10H12O4. The van der Waals surface area contributed by atoms with Crippen molar-refractivity contribution in [2.24, 2.45) is 0 Å². The monoisotopic (exact) mass is 196 g/mol. The van der Waals surface area contributed by atoms with Gasteiger partial charge in [-0.1, -0.05) is 19.1 Å². The second-order valence-electron chi connectivity index (χ2n) is 2.72. The molecule has 0 heterocycles. The van der Waals surface area contributed by atoms with Gasteiger partial charge in [-0.3, -0.25) is 4.89 Å². The van der Waals surface area contributed by atoms with Gasteiger partial charge in [0.05, 0.1) is 6.61 Å². The first-order chi connectivity index (χ1) is 6.79. The average molecular weight is 196 g/mol. The van der Waals surface area contributed by atoms with Crippen LogP contribution >= 0.6 is 0 Å². The van der Waals surface area contributed by atoms with Gasteiger partial charge in [0.2, 0.25) is 0 Å². The van der Waals surface area contributed by atoms with Crippen molar-refractivity contribution in [2.45, 2.75) is 13.3 Å². The van der Waals surface area contributed by atoms with Crippen LogP contribution in [-0.4, -0.2) is 17.8 Å². The molecule has 0 spiro atoms. The van der Waals surface area contributed by atoms with E-state index < -0.39 is 5.97 Å². The molecule has 0 fully saturated rings. The molecule has 1 N–H and O–H groups in total. The maximum atomic E-state index is 11.0. The minimum absolute atomic E-state index is 0.225. The van der Waals surface area contributed by atoms with Gasteiger partial charge in [0, 0.05) is 0 Å². The molecule has 0 aromatic heterocycles. The fourth-order valence-electron chi connectivity index (χ4n) is 1.02. The van der Waals surface area contributed by atoms with Crippen molar-refractivity contribution in [2.75, 3.05) is 6.61 Å². The highest BCUT2D eigenvalue weighted by Gasteiger charge is 2.12. The van der Waals surface area contributed by atoms with Gasteiger partial charge >= 0.3 is 5.97 Å². The van der Waals surface area contributed by atoms with E-state index in [9.17, 15) is 4.79 Å². The number of para-hydroxylation sites is 1. The smallest absolute Gasteiger partial charge is 0.376 e. The van der Waals surface area contributed by atoms with E-state index in [1.807, 2.05) is 6.92 Å². The number of hydrogen-bond donors (Lipinski definition) is 1. The number of hydrogen-bond acceptors (Lipinski definition) is 4. The van der Waals surface area contributed by atoms with Gasteiger partial charge in [0.1, 0.15) is 11.3 Å². The maximum Gasteiger partial charge on any atom is 0.376 e. The third kappa shape index (κ3) is 2.47. The summed E-state index contributed by atoms with van der Waals surface area (Å²) in [4.78, 5) is 14.7. The molecule has 0 atom stereocenters. The highest BCUT2D eigenvalue weighted by atomic mass is 17.1. The molecule has 1 aromatic carbocycles. The average Bonchev–Trinajstić information content (AvgIpc) is 2.25. The molecule has 0 aliphatic heterocycles. The summed E-state index contributed by atoms with van der Waals surface area (Å²) >= 11 is 0. The first kappa shape index (κ1) is 10.5. The van der Waals surface area contributed by atoms with Crippen molar-refractivity contribution >= 4 is 5.97 Å². The van der Waals surface area contributed by atoms with Gasteiger partial charge < -0.3 is 4.74 Å². The SMILES string of the molecule is CCCOc1ccccc1C(=O)OO. The summed E-state index contributed by atoms with van der Waals surface area (Å²) in [6.07, 6.45) is 0.850. The molecule has 0 bridgehead atoms. The maximum absolute atomic E-state index is 11.0. The van der Waals surface area contributed by atoms with Crippen LogP contribution in [0.4, 0.5) is 0 Å². The molecule has 4 nitrogen and oxygen atoms in total. The molecule has 4 heteroatoms. The van der Waals surface area contributed by atoms with Crippen LogP contribution in [0.2, 0.25) is 0 Å². The Labute approximate surface area is 82.0 Å². The van der Waals surface area contributed by atoms with Gasteiger partial charge in [-0.25, -0.2) is 4.79 Å². The molecule has 0 saturated heterocycles. The van der Waals surface area contributed by atoms with Crippen molar-refractivity contribution in [3.63, 3.8) is 0 Å². The zero-order valence-electron chi connectivity index (χ0n) is 7.90. The van der Waals surface area contributed by atoms with E-state index in [2.05, 4.69) is 4.89 Å². The van der Waals surface area contributed by atoms with Crippen LogP contribution in [0.1, 0.15) is 23.7 Å². The van der Waals surface area contributed by atoms with Crippen LogP contribution in [0, 0.1) is 0 Å². The molecule has 0 aliphatic rings. The van der Waals surface area contributed by atoms with Crippen molar-refractivity contribution in [1.82, 2.24) is 0 Å². The molecule has 1 rings (SSSR count). The minimum atomic E-state index is -0.809. The molecule has 0 aliphatic carbocycles. The van der Waals surface area contributed by atoms with Crippen molar-refractivity contribution in [3.8, 4) is 5.75 Å². The Balaban J connectivity index is 2.85. The lowest BCUT2D eigenvalue weighted by atomic mass is 10.2. The lowest BCUT2D eigenvalue weighted by Gasteiger charge is -2.07. The van der Waals surface area contributed by atoms with Crippen LogP contribution in [0.3, 0.4) is 0 Å². The second kappa shape index (κ2) is 5.24. The second-order valence-corrected chi connectivity index (χ2v) is 2.72. The van der Waals surface area contributed by atoms with E-state index in [1.165, 1.54) is 6.07 Å². The van der Waals surface area contributed by atoms with Crippen LogP contribution in [-0.2, 0) is 4.89 Å². The topological polar surface area (TPSA) is 55.8 Å². The van der Waals surface area contributed by atoms with E-state index in [-0.39, 0.29) is 5.56 Å². The Morgan fingerprint density at radius 2 is 2.14 bits per heavy atom. The predicted molar refractivity (Wildman–Crippen MR) is 50.3 cm³/mol. The minimum Gasteiger partial charge on any atom is -0.493 e. The first-order valence-electron chi connectivity index (χ1n) is 4.37. The van der Waals surface area contributed by atoms with E-state index in [0.29, 0.717) is 12.4 Å². The van der Waals surface area contributed by atoms with Crippen molar-refractivity contribution < 1.29 is 19.7 Å². The third-order valence-corrected chi connectivity index (χ3v) is 1.65. The van der Waals surface area contributed by atoms with Gasteiger partial charge in [0.25, 0.3) is 0 Å². The van der Waals surface area contributed by atoms with Gasteiger partial charge in [0.15, 0.2) is 0 Å². The lowest BCUT2D eigenvalue weighted by Crippen LogP contribution is -2.06. The molecule has 0 radical (unpaired) electrons. The fourth-order valence-corrected chi connectivity index (χ4v) is 1.02. The highest BCUT2D eigenvalue weighted by Crippen LogP contribution is 2.18. The summed E-state index contributed by atoms with van der Waals surface area (Å²) in [6, 6.07) is 6.61. The largest absolute Gasteiger partial charge is 0.493 e. The Morgan fingerprint density at radius 3 is 2.79 bits per heavy atom. The Morgan fingerprint density at radius 1 is 1.43 bits per heavy atom. The summed E-state index contributed by atoms with van der Waals surface area (Å²) in [5.41, 5.74) is 0.225. The van der Waals surface area contributed by atoms with E-state index in [4.69, 9.17) is 9.99 Å². The quantitative estimate of drug-likeness (QED) is 0.591. The summed E-state index contributed by atoms with van der Waals surface area (Å²) in [5, 5.41) is 8.23. The zero-order chi connectivity index (χ0) is 10.4. The lowest BCUT2D eigenvalue weighted by molar-refractivity contribution is -0.183. The summed E-state index contributed by atoms with van der Waals surface area (Å²) in [6.45, 7) is 2.49. The highest BCUT2D eigenvalue weighted by molar-refractivity contribution is 5.91. The first-order valence-corrected chi connectivity index (χ1v) is 4.37. The van der Waals surface area contributed by atoms with Crippen molar-refractivity contribution in [1.29, 1.82) is 0 Å². The number of ether oxygens (including phenoxy) is 1. The zero-order valence-corrected chi connectivity index (χ0v) is 7.90. The van der Waals surface area contributed by atoms with Crippen molar-refractivity contribution in [3.05, 3.63) is 29.8 Å². The van der Waals surface area contributed by atoms with Gasteiger partial charge in [-0.15, -0.1) is 0 Å². The van der Waals surface area contributed by atoms with E-state index in [1.54, 1.807) is 18.2 Å². The van der Waals surface area contributed by atoms with Crippen LogP contribution < -0.4 is 4.74 Å². The molecule has 0 saturated carbocycles.